The van der Waals surface area contributed by atoms with Crippen LogP contribution in [0.4, 0.5) is 0 Å². The van der Waals surface area contributed by atoms with E-state index in [1.54, 1.807) is 11.4 Å². The Labute approximate surface area is 91.3 Å². The van der Waals surface area contributed by atoms with Gasteiger partial charge in [-0.05, 0) is 25.0 Å². The summed E-state index contributed by atoms with van der Waals surface area (Å²) in [6.45, 7) is 1.13. The van der Waals surface area contributed by atoms with E-state index >= 15 is 0 Å². The van der Waals surface area contributed by atoms with Gasteiger partial charge in [-0.2, -0.15) is 12.6 Å². The van der Waals surface area contributed by atoms with Crippen LogP contribution < -0.4 is 4.57 Å². The van der Waals surface area contributed by atoms with Crippen molar-refractivity contribution in [2.24, 2.45) is 7.05 Å². The standard InChI is InChI=1S/C11H18N2S/c1-12-9-13(7-4-8-14)11-6-3-2-5-10(11)12/h9H,2-8H2,1H3/p+1. The molecule has 0 amide bonds. The molecule has 14 heavy (non-hydrogen) atoms. The van der Waals surface area contributed by atoms with Crippen LogP contribution in [-0.4, -0.2) is 10.3 Å². The summed E-state index contributed by atoms with van der Waals surface area (Å²) in [5.41, 5.74) is 3.12. The van der Waals surface area contributed by atoms with Gasteiger partial charge in [-0.1, -0.05) is 0 Å². The Bertz CT molecular complexity index is 317. The van der Waals surface area contributed by atoms with Crippen molar-refractivity contribution in [3.63, 3.8) is 0 Å². The molecular formula is C11H19N2S+. The molecule has 1 aliphatic rings. The zero-order valence-corrected chi connectivity index (χ0v) is 9.76. The van der Waals surface area contributed by atoms with E-state index in [0.29, 0.717) is 0 Å². The Balaban J connectivity index is 2.23. The number of fused-ring (bicyclic) bond motifs is 1. The van der Waals surface area contributed by atoms with Crippen molar-refractivity contribution in [1.29, 1.82) is 0 Å². The molecule has 0 aliphatic heterocycles. The van der Waals surface area contributed by atoms with Crippen LogP contribution in [0.5, 0.6) is 0 Å². The third-order valence-electron chi connectivity index (χ3n) is 3.05. The summed E-state index contributed by atoms with van der Waals surface area (Å²) in [6, 6.07) is 0. The summed E-state index contributed by atoms with van der Waals surface area (Å²) in [5.74, 6) is 0.983. The number of hydrogen-bond donors (Lipinski definition) is 1. The normalized spacial score (nSPS) is 15.6. The first-order valence-electron chi connectivity index (χ1n) is 5.50. The maximum Gasteiger partial charge on any atom is 0.243 e. The Hall–Kier alpha value is -0.440. The Morgan fingerprint density at radius 3 is 3.00 bits per heavy atom. The highest BCUT2D eigenvalue weighted by atomic mass is 32.1. The minimum Gasteiger partial charge on any atom is -0.236 e. The van der Waals surface area contributed by atoms with Crippen LogP contribution in [0.25, 0.3) is 0 Å². The molecule has 2 rings (SSSR count). The average Bonchev–Trinajstić information content (AvgIpc) is 2.54. The fraction of sp³-hybridized carbons (Fsp3) is 0.727. The van der Waals surface area contributed by atoms with E-state index in [4.69, 9.17) is 0 Å². The summed E-state index contributed by atoms with van der Waals surface area (Å²) in [6.07, 6.45) is 8.67. The molecule has 0 bridgehead atoms. The van der Waals surface area contributed by atoms with E-state index < -0.39 is 0 Å². The molecule has 78 valence electrons. The predicted octanol–water partition coefficient (Wildman–Crippen LogP) is 1.51. The third kappa shape index (κ3) is 1.83. The zero-order chi connectivity index (χ0) is 9.97. The van der Waals surface area contributed by atoms with E-state index in [0.717, 1.165) is 12.3 Å². The predicted molar refractivity (Wildman–Crippen MR) is 60.7 cm³/mol. The lowest BCUT2D eigenvalue weighted by Gasteiger charge is -2.08. The van der Waals surface area contributed by atoms with Gasteiger partial charge in [0.05, 0.1) is 13.6 Å². The summed E-state index contributed by atoms with van der Waals surface area (Å²) in [7, 11) is 2.17. The SMILES string of the molecule is C[n+]1cn(CCCS)c2c1CCCC2. The van der Waals surface area contributed by atoms with Crippen LogP contribution in [-0.2, 0) is 26.4 Å². The summed E-state index contributed by atoms with van der Waals surface area (Å²) in [4.78, 5) is 0. The fourth-order valence-corrected chi connectivity index (χ4v) is 2.49. The maximum absolute atomic E-state index is 4.26. The fourth-order valence-electron chi connectivity index (χ4n) is 2.34. The first-order chi connectivity index (χ1) is 6.83. The van der Waals surface area contributed by atoms with Gasteiger partial charge in [0.2, 0.25) is 6.33 Å². The molecule has 3 heteroatoms. The van der Waals surface area contributed by atoms with E-state index in [9.17, 15) is 0 Å². The number of hydrogen-bond acceptors (Lipinski definition) is 1. The third-order valence-corrected chi connectivity index (χ3v) is 3.37. The lowest BCUT2D eigenvalue weighted by atomic mass is 10.0. The molecule has 1 aliphatic carbocycles. The molecule has 0 spiro atoms. The first kappa shape index (κ1) is 10.1. The molecule has 1 aromatic rings. The second-order valence-electron chi connectivity index (χ2n) is 4.10. The van der Waals surface area contributed by atoms with Crippen molar-refractivity contribution < 1.29 is 4.57 Å². The maximum atomic E-state index is 4.26. The van der Waals surface area contributed by atoms with Crippen molar-refractivity contribution in [2.75, 3.05) is 5.75 Å². The van der Waals surface area contributed by atoms with Gasteiger partial charge in [0.25, 0.3) is 0 Å². The second kappa shape index (κ2) is 4.39. The molecule has 1 heterocycles. The average molecular weight is 211 g/mol. The smallest absolute Gasteiger partial charge is 0.236 e. The van der Waals surface area contributed by atoms with E-state index in [-0.39, 0.29) is 0 Å². The van der Waals surface area contributed by atoms with Crippen molar-refractivity contribution in [3.8, 4) is 0 Å². The molecule has 0 saturated heterocycles. The number of aryl methyl sites for hydroxylation is 2. The minimum atomic E-state index is 0.983. The molecule has 0 saturated carbocycles. The van der Waals surface area contributed by atoms with Crippen molar-refractivity contribution >= 4 is 12.6 Å². The number of nitrogens with zero attached hydrogens (tertiary/aromatic N) is 2. The summed E-state index contributed by atoms with van der Waals surface area (Å²) >= 11 is 4.26. The molecule has 0 fully saturated rings. The molecule has 0 N–H and O–H groups in total. The number of imidazole rings is 1. The Morgan fingerprint density at radius 2 is 2.21 bits per heavy atom. The van der Waals surface area contributed by atoms with Gasteiger partial charge < -0.3 is 0 Å². The van der Waals surface area contributed by atoms with Gasteiger partial charge in [0.1, 0.15) is 11.4 Å². The van der Waals surface area contributed by atoms with Gasteiger partial charge in [-0.3, -0.25) is 0 Å². The Kier molecular flexibility index (Phi) is 3.16. The highest BCUT2D eigenvalue weighted by molar-refractivity contribution is 7.80. The monoisotopic (exact) mass is 211 g/mol. The lowest BCUT2D eigenvalue weighted by molar-refractivity contribution is -0.678. The first-order valence-corrected chi connectivity index (χ1v) is 6.13. The van der Waals surface area contributed by atoms with Gasteiger partial charge in [-0.15, -0.1) is 0 Å². The summed E-state index contributed by atoms with van der Waals surface area (Å²) in [5, 5.41) is 0. The van der Waals surface area contributed by atoms with Crippen LogP contribution in [0.15, 0.2) is 6.33 Å². The molecule has 1 aromatic heterocycles. The molecule has 2 nitrogen and oxygen atoms in total. The lowest BCUT2D eigenvalue weighted by Crippen LogP contribution is -2.31. The molecule has 0 aromatic carbocycles. The van der Waals surface area contributed by atoms with E-state index in [1.807, 2.05) is 0 Å². The minimum absolute atomic E-state index is 0.983. The number of rotatable bonds is 3. The number of thiol groups is 1. The van der Waals surface area contributed by atoms with E-state index in [1.165, 1.54) is 32.1 Å². The second-order valence-corrected chi connectivity index (χ2v) is 4.54. The molecule has 0 unspecified atom stereocenters. The molecule has 0 radical (unpaired) electrons. The van der Waals surface area contributed by atoms with Crippen molar-refractivity contribution in [1.82, 2.24) is 4.57 Å². The van der Waals surface area contributed by atoms with Crippen molar-refractivity contribution in [2.45, 2.75) is 38.6 Å². The summed E-state index contributed by atoms with van der Waals surface area (Å²) < 4.78 is 4.72. The quantitative estimate of drug-likeness (QED) is 0.573. The largest absolute Gasteiger partial charge is 0.243 e. The van der Waals surface area contributed by atoms with Gasteiger partial charge >= 0.3 is 0 Å². The van der Waals surface area contributed by atoms with Gasteiger partial charge in [0, 0.05) is 12.8 Å². The van der Waals surface area contributed by atoms with Crippen LogP contribution >= 0.6 is 12.6 Å². The van der Waals surface area contributed by atoms with Crippen LogP contribution in [0.2, 0.25) is 0 Å². The number of aromatic nitrogens is 2. The van der Waals surface area contributed by atoms with Gasteiger partial charge in [0.15, 0.2) is 0 Å². The van der Waals surface area contributed by atoms with Crippen LogP contribution in [0.3, 0.4) is 0 Å². The highest BCUT2D eigenvalue weighted by Crippen LogP contribution is 2.18. The molecule has 0 atom stereocenters. The van der Waals surface area contributed by atoms with Crippen molar-refractivity contribution in [3.05, 3.63) is 17.7 Å². The van der Waals surface area contributed by atoms with Crippen LogP contribution in [0.1, 0.15) is 30.7 Å². The van der Waals surface area contributed by atoms with Gasteiger partial charge in [-0.25, -0.2) is 9.13 Å². The molecular weight excluding hydrogens is 192 g/mol. The van der Waals surface area contributed by atoms with E-state index in [2.05, 4.69) is 35.1 Å². The topological polar surface area (TPSA) is 8.81 Å². The Morgan fingerprint density at radius 1 is 1.43 bits per heavy atom. The highest BCUT2D eigenvalue weighted by Gasteiger charge is 2.23. The zero-order valence-electron chi connectivity index (χ0n) is 8.87. The van der Waals surface area contributed by atoms with Crippen LogP contribution in [0, 0.1) is 0 Å².